The Bertz CT molecular complexity index is 1290. The first kappa shape index (κ1) is 27.3. The Kier molecular flexibility index (Phi) is 8.68. The van der Waals surface area contributed by atoms with Crippen LogP contribution in [0.4, 0.5) is 5.13 Å². The van der Waals surface area contributed by atoms with Gasteiger partial charge in [-0.05, 0) is 64.2 Å². The Balaban J connectivity index is 1.62. The number of aromatic nitrogens is 1. The van der Waals surface area contributed by atoms with E-state index in [1.807, 2.05) is 40.1 Å². The third-order valence-electron chi connectivity index (χ3n) is 6.02. The van der Waals surface area contributed by atoms with E-state index in [9.17, 15) is 13.2 Å². The average molecular weight is 547 g/mol. The van der Waals surface area contributed by atoms with Gasteiger partial charge in [-0.15, -0.1) is 0 Å². The normalized spacial score (nSPS) is 13.1. The van der Waals surface area contributed by atoms with Gasteiger partial charge in [0.05, 0.1) is 15.1 Å². The van der Waals surface area contributed by atoms with Crippen LogP contribution >= 0.6 is 11.3 Å². The Labute approximate surface area is 222 Å². The topological polar surface area (TPSA) is 92.3 Å². The van der Waals surface area contributed by atoms with Crippen LogP contribution in [0.3, 0.4) is 0 Å². The second-order valence-corrected chi connectivity index (χ2v) is 12.2. The molecule has 4 rings (SSSR count). The number of sulfonamides is 1. The quantitative estimate of drug-likeness (QED) is 0.332. The van der Waals surface area contributed by atoms with E-state index >= 15 is 0 Å². The number of ether oxygens (including phenoxy) is 2. The highest BCUT2D eigenvalue weighted by Gasteiger charge is 2.26. The minimum absolute atomic E-state index is 0.189. The molecule has 2 heterocycles. The molecule has 0 bridgehead atoms. The van der Waals surface area contributed by atoms with Crippen LogP contribution in [0.1, 0.15) is 43.5 Å². The summed E-state index contributed by atoms with van der Waals surface area (Å²) >= 11 is 1.42. The third kappa shape index (κ3) is 6.06. The molecule has 3 aromatic rings. The minimum Gasteiger partial charge on any atom is -0.454 e. The summed E-state index contributed by atoms with van der Waals surface area (Å²) < 4.78 is 39.6. The lowest BCUT2D eigenvalue weighted by molar-refractivity contribution is 0.0986. The van der Waals surface area contributed by atoms with Crippen LogP contribution in [0.25, 0.3) is 10.2 Å². The van der Waals surface area contributed by atoms with Crippen molar-refractivity contribution in [3.63, 3.8) is 0 Å². The highest BCUT2D eigenvalue weighted by atomic mass is 32.2. The van der Waals surface area contributed by atoms with E-state index in [1.54, 1.807) is 17.0 Å². The van der Waals surface area contributed by atoms with Gasteiger partial charge < -0.3 is 14.4 Å². The summed E-state index contributed by atoms with van der Waals surface area (Å²) in [6.45, 7) is 6.33. The van der Waals surface area contributed by atoms with E-state index in [1.165, 1.54) is 27.8 Å². The Morgan fingerprint density at radius 2 is 1.62 bits per heavy atom. The Hall–Kier alpha value is -2.73. The number of fused-ring (bicyclic) bond motifs is 2. The molecule has 0 saturated carbocycles. The second kappa shape index (κ2) is 11.8. The molecule has 9 nitrogen and oxygen atoms in total. The van der Waals surface area contributed by atoms with Crippen molar-refractivity contribution >= 4 is 42.6 Å². The zero-order valence-electron chi connectivity index (χ0n) is 21.8. The maximum absolute atomic E-state index is 13.7. The highest BCUT2D eigenvalue weighted by molar-refractivity contribution is 7.89. The van der Waals surface area contributed by atoms with Gasteiger partial charge in [0.25, 0.3) is 5.91 Å². The molecule has 0 spiro atoms. The molecule has 0 atom stereocenters. The van der Waals surface area contributed by atoms with Gasteiger partial charge in [0.2, 0.25) is 16.8 Å². The van der Waals surface area contributed by atoms with Crippen molar-refractivity contribution < 1.29 is 22.7 Å². The van der Waals surface area contributed by atoms with Crippen LogP contribution in [-0.4, -0.2) is 75.6 Å². The lowest BCUT2D eigenvalue weighted by Gasteiger charge is -2.22. The molecule has 1 amide bonds. The predicted octanol–water partition coefficient (Wildman–Crippen LogP) is 4.43. The smallest absolute Gasteiger partial charge is 0.260 e. The fraction of sp³-hybridized carbons (Fsp3) is 0.462. The molecule has 0 saturated heterocycles. The molecule has 0 aliphatic carbocycles. The molecule has 200 valence electrons. The second-order valence-electron chi connectivity index (χ2n) is 9.21. The number of nitrogens with zero attached hydrogens (tertiary/aromatic N) is 4. The fourth-order valence-corrected chi connectivity index (χ4v) is 6.80. The fourth-order valence-electron chi connectivity index (χ4n) is 4.18. The molecule has 1 aliphatic rings. The number of thiazole rings is 1. The molecular formula is C26H34N4O5S2. The van der Waals surface area contributed by atoms with Crippen molar-refractivity contribution in [2.45, 2.75) is 38.0 Å². The molecule has 0 unspecified atom stereocenters. The number of anilines is 1. The van der Waals surface area contributed by atoms with Gasteiger partial charge >= 0.3 is 0 Å². The van der Waals surface area contributed by atoms with Crippen molar-refractivity contribution in [1.82, 2.24) is 14.2 Å². The molecule has 2 aromatic carbocycles. The lowest BCUT2D eigenvalue weighted by Crippen LogP contribution is -2.34. The van der Waals surface area contributed by atoms with Gasteiger partial charge in [-0.25, -0.2) is 13.4 Å². The average Bonchev–Trinajstić information content (AvgIpc) is 3.50. The van der Waals surface area contributed by atoms with Crippen molar-refractivity contribution in [3.05, 3.63) is 42.0 Å². The summed E-state index contributed by atoms with van der Waals surface area (Å²) in [5.41, 5.74) is 1.15. The molecule has 0 fully saturated rings. The molecule has 1 aromatic heterocycles. The number of rotatable bonds is 12. The van der Waals surface area contributed by atoms with Gasteiger partial charge in [0, 0.05) is 37.3 Å². The van der Waals surface area contributed by atoms with Gasteiger partial charge in [-0.1, -0.05) is 25.2 Å². The molecular weight excluding hydrogens is 512 g/mol. The van der Waals surface area contributed by atoms with Crippen LogP contribution in [0.15, 0.2) is 41.3 Å². The maximum atomic E-state index is 13.7. The molecule has 1 aliphatic heterocycles. The van der Waals surface area contributed by atoms with Gasteiger partial charge in [0.15, 0.2) is 16.6 Å². The Morgan fingerprint density at radius 1 is 0.973 bits per heavy atom. The number of hydrogen-bond donors (Lipinski definition) is 0. The van der Waals surface area contributed by atoms with E-state index in [2.05, 4.69) is 4.90 Å². The zero-order valence-corrected chi connectivity index (χ0v) is 23.4. The predicted molar refractivity (Wildman–Crippen MR) is 146 cm³/mol. The zero-order chi connectivity index (χ0) is 26.6. The number of carbonyl (C=O) groups excluding carboxylic acids is 1. The minimum atomic E-state index is -3.62. The number of amides is 1. The number of carbonyl (C=O) groups is 1. The van der Waals surface area contributed by atoms with Crippen LogP contribution in [0.2, 0.25) is 0 Å². The van der Waals surface area contributed by atoms with E-state index in [-0.39, 0.29) is 17.6 Å². The molecule has 37 heavy (non-hydrogen) atoms. The summed E-state index contributed by atoms with van der Waals surface area (Å²) in [6.07, 6.45) is 2.23. The molecule has 11 heteroatoms. The maximum Gasteiger partial charge on any atom is 0.260 e. The number of hydrogen-bond acceptors (Lipinski definition) is 8. The van der Waals surface area contributed by atoms with E-state index in [4.69, 9.17) is 14.5 Å². The van der Waals surface area contributed by atoms with Gasteiger partial charge in [0.1, 0.15) is 0 Å². The van der Waals surface area contributed by atoms with E-state index < -0.39 is 10.0 Å². The third-order valence-corrected chi connectivity index (χ3v) is 8.97. The van der Waals surface area contributed by atoms with E-state index in [0.29, 0.717) is 41.8 Å². The molecule has 0 radical (unpaired) electrons. The lowest BCUT2D eigenvalue weighted by atomic mass is 10.2. The van der Waals surface area contributed by atoms with Crippen molar-refractivity contribution in [2.75, 3.05) is 52.0 Å². The first-order chi connectivity index (χ1) is 17.7. The SMILES string of the molecule is CCCN(CCC)S(=O)(=O)c1ccc(C(=O)N(CCCN(C)C)c2nc3cc4c(cc3s2)OCO4)cc1. The van der Waals surface area contributed by atoms with E-state index in [0.717, 1.165) is 36.0 Å². The Morgan fingerprint density at radius 3 is 2.24 bits per heavy atom. The highest BCUT2D eigenvalue weighted by Crippen LogP contribution is 2.40. The molecule has 0 N–H and O–H groups in total. The van der Waals surface area contributed by atoms with Crippen molar-refractivity contribution in [2.24, 2.45) is 0 Å². The van der Waals surface area contributed by atoms with Crippen LogP contribution < -0.4 is 14.4 Å². The van der Waals surface area contributed by atoms with Crippen LogP contribution in [-0.2, 0) is 10.0 Å². The largest absolute Gasteiger partial charge is 0.454 e. The van der Waals surface area contributed by atoms with Gasteiger partial charge in [-0.2, -0.15) is 4.31 Å². The van der Waals surface area contributed by atoms with Crippen molar-refractivity contribution in [1.29, 1.82) is 0 Å². The summed E-state index contributed by atoms with van der Waals surface area (Å²) in [5, 5.41) is 0.580. The monoisotopic (exact) mass is 546 g/mol. The van der Waals surface area contributed by atoms with Crippen molar-refractivity contribution in [3.8, 4) is 11.5 Å². The summed E-state index contributed by atoms with van der Waals surface area (Å²) in [5.74, 6) is 1.10. The van der Waals surface area contributed by atoms with Crippen LogP contribution in [0.5, 0.6) is 11.5 Å². The van der Waals surface area contributed by atoms with Crippen LogP contribution in [0, 0.1) is 0 Å². The summed E-state index contributed by atoms with van der Waals surface area (Å²) in [7, 11) is 0.364. The number of benzene rings is 2. The standard InChI is InChI=1S/C26H34N4O5S2/c1-5-12-29(13-6-2)37(32,33)20-10-8-19(9-11-20)25(31)30(15-7-14-28(3)4)26-27-21-16-22-23(35-18-34-22)17-24(21)36-26/h8-11,16-17H,5-7,12-15,18H2,1-4H3. The summed E-state index contributed by atoms with van der Waals surface area (Å²) in [4.78, 5) is 22.3. The first-order valence-electron chi connectivity index (χ1n) is 12.5. The van der Waals surface area contributed by atoms with Gasteiger partial charge in [-0.3, -0.25) is 9.69 Å². The summed E-state index contributed by atoms with van der Waals surface area (Å²) in [6, 6.07) is 9.95. The first-order valence-corrected chi connectivity index (χ1v) is 14.8.